The second-order valence-electron chi connectivity index (χ2n) is 3.37. The van der Waals surface area contributed by atoms with Crippen molar-refractivity contribution in [2.24, 2.45) is 0 Å². The van der Waals surface area contributed by atoms with Crippen LogP contribution in [0.25, 0.3) is 0 Å². The van der Waals surface area contributed by atoms with Crippen LogP contribution in [0.4, 0.5) is 0 Å². The summed E-state index contributed by atoms with van der Waals surface area (Å²) in [5, 5.41) is 3.39. The minimum atomic E-state index is -0.699. The van der Waals surface area contributed by atoms with Crippen LogP contribution in [0.2, 0.25) is 0 Å². The van der Waals surface area contributed by atoms with Gasteiger partial charge in [-0.1, -0.05) is 0 Å². The van der Waals surface area contributed by atoms with E-state index >= 15 is 0 Å². The Morgan fingerprint density at radius 1 is 1.75 bits per heavy atom. The first kappa shape index (κ1) is 10.2. The molecule has 0 aromatic carbocycles. The Kier molecular flexibility index (Phi) is 4.18. The molecule has 3 nitrogen and oxygen atoms in total. The van der Waals surface area contributed by atoms with E-state index < -0.39 is 10.8 Å². The summed E-state index contributed by atoms with van der Waals surface area (Å²) in [4.78, 5) is 0. The molecule has 3 atom stereocenters. The van der Waals surface area contributed by atoms with Gasteiger partial charge in [0.15, 0.2) is 0 Å². The van der Waals surface area contributed by atoms with Crippen LogP contribution in [-0.2, 0) is 15.5 Å². The zero-order valence-electron chi connectivity index (χ0n) is 7.71. The third-order valence-electron chi connectivity index (χ3n) is 1.93. The lowest BCUT2D eigenvalue weighted by Crippen LogP contribution is -2.39. The van der Waals surface area contributed by atoms with Gasteiger partial charge in [0.05, 0.1) is 6.61 Å². The van der Waals surface area contributed by atoms with Gasteiger partial charge < -0.3 is 10.1 Å². The van der Waals surface area contributed by atoms with E-state index in [1.54, 1.807) is 6.26 Å². The number of nitrogens with one attached hydrogen (secondary N) is 1. The maximum atomic E-state index is 10.9. The average molecular weight is 191 g/mol. The molecule has 0 bridgehead atoms. The van der Waals surface area contributed by atoms with E-state index in [1.807, 2.05) is 0 Å². The van der Waals surface area contributed by atoms with Crippen molar-refractivity contribution in [2.75, 3.05) is 25.2 Å². The van der Waals surface area contributed by atoms with Gasteiger partial charge in [0.2, 0.25) is 0 Å². The fourth-order valence-corrected chi connectivity index (χ4v) is 2.27. The number of hydrogen-bond donors (Lipinski definition) is 1. The molecule has 1 N–H and O–H groups in total. The maximum Gasteiger partial charge on any atom is 0.0620 e. The summed E-state index contributed by atoms with van der Waals surface area (Å²) in [6.07, 6.45) is 2.82. The minimum Gasteiger partial charge on any atom is -0.380 e. The van der Waals surface area contributed by atoms with Gasteiger partial charge in [-0.2, -0.15) is 0 Å². The summed E-state index contributed by atoms with van der Waals surface area (Å²) in [6, 6.07) is 0.811. The van der Waals surface area contributed by atoms with Crippen LogP contribution in [0.5, 0.6) is 0 Å². The van der Waals surface area contributed by atoms with Gasteiger partial charge in [-0.25, -0.2) is 0 Å². The zero-order chi connectivity index (χ0) is 8.97. The third-order valence-corrected chi connectivity index (χ3v) is 2.90. The van der Waals surface area contributed by atoms with Gasteiger partial charge in [-0.3, -0.25) is 4.21 Å². The quantitative estimate of drug-likeness (QED) is 0.686. The van der Waals surface area contributed by atoms with E-state index in [-0.39, 0.29) is 0 Å². The molecule has 1 aliphatic heterocycles. The molecule has 12 heavy (non-hydrogen) atoms. The largest absolute Gasteiger partial charge is 0.380 e. The number of hydrogen-bond acceptors (Lipinski definition) is 3. The van der Waals surface area contributed by atoms with Gasteiger partial charge in [-0.15, -0.1) is 0 Å². The van der Waals surface area contributed by atoms with Crippen molar-refractivity contribution in [3.05, 3.63) is 0 Å². The highest BCUT2D eigenvalue weighted by Gasteiger charge is 2.17. The lowest BCUT2D eigenvalue weighted by molar-refractivity contribution is 0.188. The highest BCUT2D eigenvalue weighted by Crippen LogP contribution is 2.04. The van der Waals surface area contributed by atoms with Gasteiger partial charge in [0.25, 0.3) is 0 Å². The van der Waals surface area contributed by atoms with E-state index in [4.69, 9.17) is 4.74 Å². The highest BCUT2D eigenvalue weighted by molar-refractivity contribution is 7.84. The standard InChI is InChI=1S/C8H17NO2S/c1-7(6-12(2)10)9-8-3-4-11-5-8/h7-9H,3-6H2,1-2H3. The third kappa shape index (κ3) is 3.65. The highest BCUT2D eigenvalue weighted by atomic mass is 32.2. The summed E-state index contributed by atoms with van der Waals surface area (Å²) in [5.74, 6) is 0.733. The van der Waals surface area contributed by atoms with Crippen molar-refractivity contribution in [3.63, 3.8) is 0 Å². The van der Waals surface area contributed by atoms with E-state index in [9.17, 15) is 4.21 Å². The molecular weight excluding hydrogens is 174 g/mol. The van der Waals surface area contributed by atoms with Crippen molar-refractivity contribution >= 4 is 10.8 Å². The molecule has 0 radical (unpaired) electrons. The van der Waals surface area contributed by atoms with Crippen LogP contribution in [0.15, 0.2) is 0 Å². The topological polar surface area (TPSA) is 38.3 Å². The lowest BCUT2D eigenvalue weighted by Gasteiger charge is -2.16. The van der Waals surface area contributed by atoms with Crippen LogP contribution in [0.3, 0.4) is 0 Å². The molecule has 0 aromatic heterocycles. The van der Waals surface area contributed by atoms with E-state index in [1.165, 1.54) is 0 Å². The van der Waals surface area contributed by atoms with E-state index in [2.05, 4.69) is 12.2 Å². The van der Waals surface area contributed by atoms with Crippen molar-refractivity contribution < 1.29 is 8.95 Å². The van der Waals surface area contributed by atoms with Gasteiger partial charge in [0.1, 0.15) is 0 Å². The van der Waals surface area contributed by atoms with Gasteiger partial charge >= 0.3 is 0 Å². The molecule has 0 aliphatic carbocycles. The molecule has 1 saturated heterocycles. The van der Waals surface area contributed by atoms with Crippen LogP contribution >= 0.6 is 0 Å². The van der Waals surface area contributed by atoms with Gasteiger partial charge in [-0.05, 0) is 13.3 Å². The Balaban J connectivity index is 2.16. The summed E-state index contributed by atoms with van der Waals surface area (Å²) in [7, 11) is -0.699. The molecule has 72 valence electrons. The monoisotopic (exact) mass is 191 g/mol. The smallest absolute Gasteiger partial charge is 0.0620 e. The first-order valence-corrected chi connectivity index (χ1v) is 6.05. The predicted molar refractivity (Wildman–Crippen MR) is 50.8 cm³/mol. The zero-order valence-corrected chi connectivity index (χ0v) is 8.52. The fraction of sp³-hybridized carbons (Fsp3) is 1.00. The summed E-state index contributed by atoms with van der Waals surface area (Å²) < 4.78 is 16.1. The lowest BCUT2D eigenvalue weighted by atomic mass is 10.2. The van der Waals surface area contributed by atoms with Crippen molar-refractivity contribution in [1.29, 1.82) is 0 Å². The Morgan fingerprint density at radius 3 is 3.00 bits per heavy atom. The second kappa shape index (κ2) is 4.94. The Morgan fingerprint density at radius 2 is 2.50 bits per heavy atom. The second-order valence-corrected chi connectivity index (χ2v) is 4.85. The summed E-state index contributed by atoms with van der Waals surface area (Å²) in [6.45, 7) is 3.74. The number of ether oxygens (including phenoxy) is 1. The molecule has 0 saturated carbocycles. The molecule has 1 fully saturated rings. The minimum absolute atomic E-state index is 0.336. The molecule has 4 heteroatoms. The van der Waals surface area contributed by atoms with Crippen LogP contribution < -0.4 is 5.32 Å². The van der Waals surface area contributed by atoms with E-state index in [0.29, 0.717) is 12.1 Å². The average Bonchev–Trinajstić information content (AvgIpc) is 2.37. The molecule has 0 spiro atoms. The molecule has 0 aromatic rings. The van der Waals surface area contributed by atoms with Crippen molar-refractivity contribution in [1.82, 2.24) is 5.32 Å². The summed E-state index contributed by atoms with van der Waals surface area (Å²) in [5.41, 5.74) is 0. The molecule has 0 amide bonds. The normalized spacial score (nSPS) is 28.7. The predicted octanol–water partition coefficient (Wildman–Crippen LogP) is 0.132. The van der Waals surface area contributed by atoms with Crippen LogP contribution in [0, 0.1) is 0 Å². The number of rotatable bonds is 4. The van der Waals surface area contributed by atoms with Crippen LogP contribution in [0.1, 0.15) is 13.3 Å². The van der Waals surface area contributed by atoms with Gasteiger partial charge in [0, 0.05) is 41.5 Å². The Labute approximate surface area is 76.3 Å². The molecule has 3 unspecified atom stereocenters. The SMILES string of the molecule is CC(CS(C)=O)NC1CCOC1. The van der Waals surface area contributed by atoms with Crippen molar-refractivity contribution in [2.45, 2.75) is 25.4 Å². The first-order chi connectivity index (χ1) is 5.68. The Bertz CT molecular complexity index is 157. The van der Waals surface area contributed by atoms with Crippen LogP contribution in [-0.4, -0.2) is 41.5 Å². The molecular formula is C8H17NO2S. The Hall–Kier alpha value is 0.0700. The summed E-state index contributed by atoms with van der Waals surface area (Å²) >= 11 is 0. The van der Waals surface area contributed by atoms with E-state index in [0.717, 1.165) is 25.4 Å². The maximum absolute atomic E-state index is 10.9. The molecule has 1 heterocycles. The molecule has 1 rings (SSSR count). The fourth-order valence-electron chi connectivity index (χ4n) is 1.47. The molecule has 1 aliphatic rings. The van der Waals surface area contributed by atoms with Crippen molar-refractivity contribution in [3.8, 4) is 0 Å². The first-order valence-electron chi connectivity index (χ1n) is 4.32.